The second-order valence-corrected chi connectivity index (χ2v) is 12.1. The number of amides is 2. The summed E-state index contributed by atoms with van der Waals surface area (Å²) < 4.78 is 28.1. The molecule has 1 aliphatic heterocycles. The summed E-state index contributed by atoms with van der Waals surface area (Å²) in [4.78, 5) is 50.5. The van der Waals surface area contributed by atoms with E-state index in [9.17, 15) is 38.0 Å². The number of hydrogen-bond acceptors (Lipinski definition) is 7. The lowest BCUT2D eigenvalue weighted by Gasteiger charge is -2.34. The number of sulfonamides is 1. The Morgan fingerprint density at radius 2 is 1.65 bits per heavy atom. The number of nitrogens with zero attached hydrogens (tertiary/aromatic N) is 3. The molecular weight excluding hydrogens is 540 g/mol. The second kappa shape index (κ2) is 12.6. The van der Waals surface area contributed by atoms with Gasteiger partial charge in [-0.05, 0) is 36.5 Å². The molecule has 2 fully saturated rings. The van der Waals surface area contributed by atoms with Crippen molar-refractivity contribution in [2.75, 3.05) is 13.1 Å². The number of hydrogen-bond donors (Lipinski definition) is 2. The SMILES string of the molecule is O=C(O)CC(NC(=O)C1N(C(=O)c2ccc([N+](=O)[O-])cc2)CCN1S(=O)(=O)Cc1ccccc1)C1CCCCC1. The van der Waals surface area contributed by atoms with E-state index in [1.165, 1.54) is 12.1 Å². The molecule has 0 bridgehead atoms. The van der Waals surface area contributed by atoms with Crippen LogP contribution in [0, 0.1) is 16.0 Å². The minimum absolute atomic E-state index is 0.0556. The van der Waals surface area contributed by atoms with Crippen molar-refractivity contribution in [3.63, 3.8) is 0 Å². The molecule has 2 aromatic carbocycles. The van der Waals surface area contributed by atoms with Gasteiger partial charge in [0, 0.05) is 36.8 Å². The van der Waals surface area contributed by atoms with Crippen LogP contribution in [0.15, 0.2) is 54.6 Å². The van der Waals surface area contributed by atoms with Crippen molar-refractivity contribution in [1.82, 2.24) is 14.5 Å². The second-order valence-electron chi connectivity index (χ2n) is 10.1. The number of nitro benzene ring substituents is 1. The number of rotatable bonds is 10. The molecule has 0 radical (unpaired) electrons. The maximum atomic E-state index is 13.8. The average molecular weight is 573 g/mol. The standard InChI is InChI=1S/C27H32N4O8S/c32-24(33)17-23(20-9-5-2-6-10-20)28-25(34)26-29(27(35)21-11-13-22(14-12-21)31(36)37)15-16-30(26)40(38,39)18-19-7-3-1-4-8-19/h1,3-4,7-8,11-14,20,23,26H,2,5-6,9-10,15-18H2,(H,28,34)(H,32,33). The number of carbonyl (C=O) groups is 3. The predicted molar refractivity (Wildman–Crippen MR) is 144 cm³/mol. The van der Waals surface area contributed by atoms with Crippen molar-refractivity contribution in [2.24, 2.45) is 5.92 Å². The number of carboxylic acids is 1. The van der Waals surface area contributed by atoms with Gasteiger partial charge in [0.1, 0.15) is 0 Å². The van der Waals surface area contributed by atoms with E-state index in [4.69, 9.17) is 0 Å². The van der Waals surface area contributed by atoms with Crippen LogP contribution in [-0.4, -0.2) is 70.7 Å². The first-order valence-electron chi connectivity index (χ1n) is 13.2. The Balaban J connectivity index is 1.65. The molecule has 1 saturated heterocycles. The molecule has 40 heavy (non-hydrogen) atoms. The van der Waals surface area contributed by atoms with Crippen LogP contribution in [0.1, 0.15) is 54.4 Å². The van der Waals surface area contributed by atoms with E-state index < -0.39 is 50.7 Å². The zero-order valence-electron chi connectivity index (χ0n) is 21.8. The molecule has 2 amide bonds. The van der Waals surface area contributed by atoms with Crippen LogP contribution >= 0.6 is 0 Å². The fourth-order valence-electron chi connectivity index (χ4n) is 5.46. The van der Waals surface area contributed by atoms with E-state index in [-0.39, 0.29) is 36.7 Å². The molecule has 13 heteroatoms. The fraction of sp³-hybridized carbons (Fsp3) is 0.444. The van der Waals surface area contributed by atoms with Crippen molar-refractivity contribution in [2.45, 2.75) is 56.5 Å². The van der Waals surface area contributed by atoms with Gasteiger partial charge in [-0.2, -0.15) is 4.31 Å². The third-order valence-corrected chi connectivity index (χ3v) is 9.23. The lowest BCUT2D eigenvalue weighted by molar-refractivity contribution is -0.384. The predicted octanol–water partition coefficient (Wildman–Crippen LogP) is 2.75. The number of nitro groups is 1. The number of nitrogens with one attached hydrogen (secondary N) is 1. The van der Waals surface area contributed by atoms with Crippen LogP contribution in [0.3, 0.4) is 0 Å². The molecule has 2 aromatic rings. The van der Waals surface area contributed by atoms with E-state index in [1.807, 2.05) is 0 Å². The summed E-state index contributed by atoms with van der Waals surface area (Å²) in [6.45, 7) is -0.228. The van der Waals surface area contributed by atoms with Gasteiger partial charge < -0.3 is 15.3 Å². The largest absolute Gasteiger partial charge is 0.481 e. The molecule has 12 nitrogen and oxygen atoms in total. The van der Waals surface area contributed by atoms with Crippen LogP contribution in [0.4, 0.5) is 5.69 Å². The first kappa shape index (κ1) is 29.2. The Kier molecular flexibility index (Phi) is 9.15. The number of carbonyl (C=O) groups excluding carboxylic acids is 2. The molecule has 2 unspecified atom stereocenters. The lowest BCUT2D eigenvalue weighted by Crippen LogP contribution is -2.57. The molecule has 0 aromatic heterocycles. The summed E-state index contributed by atoms with van der Waals surface area (Å²) >= 11 is 0. The summed E-state index contributed by atoms with van der Waals surface area (Å²) in [5.41, 5.74) is 0.344. The van der Waals surface area contributed by atoms with Gasteiger partial charge in [-0.25, -0.2) is 8.42 Å². The zero-order chi connectivity index (χ0) is 28.9. The third-order valence-electron chi connectivity index (χ3n) is 7.44. The fourth-order valence-corrected chi connectivity index (χ4v) is 7.11. The maximum absolute atomic E-state index is 13.8. The van der Waals surface area contributed by atoms with Crippen LogP contribution < -0.4 is 5.32 Å². The van der Waals surface area contributed by atoms with E-state index in [0.29, 0.717) is 5.56 Å². The van der Waals surface area contributed by atoms with E-state index >= 15 is 0 Å². The van der Waals surface area contributed by atoms with Crippen LogP contribution in [0.2, 0.25) is 0 Å². The van der Waals surface area contributed by atoms with E-state index in [0.717, 1.165) is 53.4 Å². The lowest BCUT2D eigenvalue weighted by atomic mass is 9.82. The minimum atomic E-state index is -4.08. The molecule has 2 aliphatic rings. The molecular formula is C27H32N4O8S. The Bertz CT molecular complexity index is 1340. The number of non-ortho nitro benzene ring substituents is 1. The Labute approximate surface area is 232 Å². The van der Waals surface area contributed by atoms with Gasteiger partial charge in [0.2, 0.25) is 10.0 Å². The van der Waals surface area contributed by atoms with Crippen molar-refractivity contribution in [3.8, 4) is 0 Å². The Morgan fingerprint density at radius 3 is 2.25 bits per heavy atom. The molecule has 1 saturated carbocycles. The van der Waals surface area contributed by atoms with E-state index in [2.05, 4.69) is 5.32 Å². The Hall–Kier alpha value is -3.84. The first-order chi connectivity index (χ1) is 19.1. The third kappa shape index (κ3) is 6.83. The summed E-state index contributed by atoms with van der Waals surface area (Å²) in [5, 5.41) is 23.3. The highest BCUT2D eigenvalue weighted by molar-refractivity contribution is 7.88. The molecule has 2 N–H and O–H groups in total. The van der Waals surface area contributed by atoms with Gasteiger partial charge in [0.05, 0.1) is 17.1 Å². The summed E-state index contributed by atoms with van der Waals surface area (Å²) in [6, 6.07) is 12.6. The maximum Gasteiger partial charge on any atom is 0.305 e. The Morgan fingerprint density at radius 1 is 1.00 bits per heavy atom. The van der Waals surface area contributed by atoms with Gasteiger partial charge in [0.15, 0.2) is 6.17 Å². The van der Waals surface area contributed by atoms with Crippen molar-refractivity contribution >= 4 is 33.5 Å². The summed E-state index contributed by atoms with van der Waals surface area (Å²) in [6.07, 6.45) is 2.45. The van der Waals surface area contributed by atoms with Crippen molar-refractivity contribution in [3.05, 3.63) is 75.8 Å². The molecule has 214 valence electrons. The number of carboxylic acid groups (broad SMARTS) is 1. The van der Waals surface area contributed by atoms with Gasteiger partial charge >= 0.3 is 5.97 Å². The normalized spacial score (nSPS) is 19.2. The molecule has 4 rings (SSSR count). The minimum Gasteiger partial charge on any atom is -0.481 e. The number of aliphatic carboxylic acids is 1. The highest BCUT2D eigenvalue weighted by Gasteiger charge is 2.47. The summed E-state index contributed by atoms with van der Waals surface area (Å²) in [7, 11) is -4.08. The topological polar surface area (TPSA) is 167 Å². The monoisotopic (exact) mass is 572 g/mol. The van der Waals surface area contributed by atoms with Crippen LogP contribution in [0.5, 0.6) is 0 Å². The quantitative estimate of drug-likeness (QED) is 0.324. The smallest absolute Gasteiger partial charge is 0.305 e. The molecule has 1 heterocycles. The van der Waals surface area contributed by atoms with Gasteiger partial charge in [0.25, 0.3) is 17.5 Å². The molecule has 2 atom stereocenters. The average Bonchev–Trinajstić information content (AvgIpc) is 3.39. The van der Waals surface area contributed by atoms with Crippen LogP contribution in [0.25, 0.3) is 0 Å². The van der Waals surface area contributed by atoms with Gasteiger partial charge in [-0.3, -0.25) is 24.5 Å². The van der Waals surface area contributed by atoms with Crippen molar-refractivity contribution < 1.29 is 32.8 Å². The van der Waals surface area contributed by atoms with Gasteiger partial charge in [-0.15, -0.1) is 0 Å². The van der Waals surface area contributed by atoms with E-state index in [1.54, 1.807) is 30.3 Å². The summed E-state index contributed by atoms with van der Waals surface area (Å²) in [5.74, 6) is -3.00. The highest BCUT2D eigenvalue weighted by Crippen LogP contribution is 2.29. The van der Waals surface area contributed by atoms with Crippen LogP contribution in [-0.2, 0) is 25.4 Å². The highest BCUT2D eigenvalue weighted by atomic mass is 32.2. The van der Waals surface area contributed by atoms with Crippen molar-refractivity contribution in [1.29, 1.82) is 0 Å². The van der Waals surface area contributed by atoms with Gasteiger partial charge in [-0.1, -0.05) is 49.6 Å². The molecule has 0 spiro atoms. The zero-order valence-corrected chi connectivity index (χ0v) is 22.7. The number of benzene rings is 2. The molecule has 1 aliphatic carbocycles. The first-order valence-corrected chi connectivity index (χ1v) is 14.8.